The molecule has 0 amide bonds. The molecule has 0 bridgehead atoms. The minimum Gasteiger partial charge on any atom is -0.373 e. The summed E-state index contributed by atoms with van der Waals surface area (Å²) in [5.41, 5.74) is 1.30. The Labute approximate surface area is 133 Å². The van der Waals surface area contributed by atoms with Gasteiger partial charge < -0.3 is 15.5 Å². The van der Waals surface area contributed by atoms with Crippen molar-refractivity contribution in [2.24, 2.45) is 0 Å². The van der Waals surface area contributed by atoms with Gasteiger partial charge in [0, 0.05) is 43.4 Å². The van der Waals surface area contributed by atoms with E-state index in [1.54, 1.807) is 20.2 Å². The van der Waals surface area contributed by atoms with Crippen LogP contribution in [0.4, 0.5) is 32.1 Å². The molecule has 0 fully saturated rings. The van der Waals surface area contributed by atoms with Crippen LogP contribution in [-0.2, 0) is 5.41 Å². The number of benzene rings is 1. The van der Waals surface area contributed by atoms with Gasteiger partial charge in [0.25, 0.3) is 0 Å². The van der Waals surface area contributed by atoms with E-state index >= 15 is 0 Å². The molecule has 5 nitrogen and oxygen atoms in total. The third kappa shape index (κ3) is 2.46. The molecule has 0 saturated carbocycles. The fraction of sp³-hybridized carbons (Fsp3) is 0.375. The van der Waals surface area contributed by atoms with Gasteiger partial charge in [0.2, 0.25) is 5.95 Å². The van der Waals surface area contributed by atoms with Crippen molar-refractivity contribution < 1.29 is 8.78 Å². The highest BCUT2D eigenvalue weighted by Crippen LogP contribution is 2.46. The first-order valence-corrected chi connectivity index (χ1v) is 7.38. The van der Waals surface area contributed by atoms with Crippen LogP contribution in [0.5, 0.6) is 0 Å². The summed E-state index contributed by atoms with van der Waals surface area (Å²) in [5.74, 6) is 0.171. The highest BCUT2D eigenvalue weighted by atomic mass is 19.2. The average molecular weight is 319 g/mol. The monoisotopic (exact) mass is 319 g/mol. The van der Waals surface area contributed by atoms with E-state index in [0.29, 0.717) is 24.0 Å². The molecule has 0 saturated heterocycles. The van der Waals surface area contributed by atoms with Crippen molar-refractivity contribution in [1.82, 2.24) is 9.97 Å². The Balaban J connectivity index is 2.19. The van der Waals surface area contributed by atoms with Crippen molar-refractivity contribution in [3.8, 4) is 0 Å². The summed E-state index contributed by atoms with van der Waals surface area (Å²) in [4.78, 5) is 10.9. The largest absolute Gasteiger partial charge is 0.373 e. The molecule has 1 aromatic carbocycles. The number of halogens is 2. The van der Waals surface area contributed by atoms with Crippen LogP contribution in [0.3, 0.4) is 0 Å². The lowest BCUT2D eigenvalue weighted by atomic mass is 9.88. The van der Waals surface area contributed by atoms with Crippen LogP contribution in [0, 0.1) is 11.6 Å². The third-order valence-corrected chi connectivity index (χ3v) is 4.05. The highest BCUT2D eigenvalue weighted by molar-refractivity contribution is 5.75. The van der Waals surface area contributed by atoms with Crippen LogP contribution >= 0.6 is 0 Å². The molecule has 23 heavy (non-hydrogen) atoms. The van der Waals surface area contributed by atoms with Gasteiger partial charge >= 0.3 is 0 Å². The molecule has 0 unspecified atom stereocenters. The van der Waals surface area contributed by atoms with Crippen molar-refractivity contribution in [2.75, 3.05) is 36.2 Å². The zero-order valence-corrected chi connectivity index (χ0v) is 13.5. The van der Waals surface area contributed by atoms with Gasteiger partial charge in [-0.15, -0.1) is 0 Å². The van der Waals surface area contributed by atoms with E-state index in [1.807, 2.05) is 4.90 Å². The lowest BCUT2D eigenvalue weighted by molar-refractivity contribution is 0.508. The Kier molecular flexibility index (Phi) is 3.58. The third-order valence-electron chi connectivity index (χ3n) is 4.05. The normalized spacial score (nSPS) is 15.5. The smallest absolute Gasteiger partial charge is 0.226 e. The minimum absolute atomic E-state index is 0.231. The molecule has 122 valence electrons. The molecule has 7 heteroatoms. The maximum absolute atomic E-state index is 13.6. The highest BCUT2D eigenvalue weighted by Gasteiger charge is 2.40. The molecule has 2 aromatic rings. The molecule has 2 heterocycles. The Morgan fingerprint density at radius 3 is 2.43 bits per heavy atom. The summed E-state index contributed by atoms with van der Waals surface area (Å²) < 4.78 is 26.9. The number of hydrogen-bond donors (Lipinski definition) is 2. The molecule has 3 rings (SSSR count). The minimum atomic E-state index is -0.870. The first-order chi connectivity index (χ1) is 10.9. The van der Waals surface area contributed by atoms with Crippen molar-refractivity contribution in [1.29, 1.82) is 0 Å². The fourth-order valence-corrected chi connectivity index (χ4v) is 2.98. The van der Waals surface area contributed by atoms with Gasteiger partial charge in [-0.1, -0.05) is 13.8 Å². The van der Waals surface area contributed by atoms with E-state index in [-0.39, 0.29) is 5.41 Å². The number of nitrogens with zero attached hydrogens (tertiary/aromatic N) is 3. The predicted molar refractivity (Wildman–Crippen MR) is 87.5 cm³/mol. The zero-order chi connectivity index (χ0) is 16.8. The maximum atomic E-state index is 13.6. The van der Waals surface area contributed by atoms with Gasteiger partial charge in [-0.05, 0) is 12.1 Å². The molecule has 0 aliphatic carbocycles. The Morgan fingerprint density at radius 1 is 1.09 bits per heavy atom. The summed E-state index contributed by atoms with van der Waals surface area (Å²) in [6, 6.07) is 3.89. The van der Waals surface area contributed by atoms with Crippen LogP contribution in [-0.4, -0.2) is 30.6 Å². The number of hydrogen-bond acceptors (Lipinski definition) is 5. The lowest BCUT2D eigenvalue weighted by Gasteiger charge is -2.22. The zero-order valence-electron chi connectivity index (χ0n) is 13.5. The van der Waals surface area contributed by atoms with Gasteiger partial charge in [0.15, 0.2) is 11.6 Å². The van der Waals surface area contributed by atoms with Crippen molar-refractivity contribution in [3.05, 3.63) is 35.4 Å². The summed E-state index contributed by atoms with van der Waals surface area (Å²) in [6.45, 7) is 4.76. The molecule has 1 aliphatic rings. The lowest BCUT2D eigenvalue weighted by Crippen LogP contribution is -2.25. The van der Waals surface area contributed by atoms with Crippen LogP contribution in [0.15, 0.2) is 18.2 Å². The van der Waals surface area contributed by atoms with Crippen LogP contribution < -0.4 is 15.5 Å². The summed E-state index contributed by atoms with van der Waals surface area (Å²) >= 11 is 0. The summed E-state index contributed by atoms with van der Waals surface area (Å²) in [7, 11) is 3.54. The molecule has 0 atom stereocenters. The van der Waals surface area contributed by atoms with Gasteiger partial charge in [-0.3, -0.25) is 0 Å². The topological polar surface area (TPSA) is 53.1 Å². The van der Waals surface area contributed by atoms with Gasteiger partial charge in [-0.25, -0.2) is 8.78 Å². The standard InChI is InChI=1S/C16H19F2N5/c1-16(2)8-23(9-5-6-10(17)11(18)7-9)14-12(16)13(19-3)21-15(20-4)22-14/h5-7H,8H2,1-4H3,(H2,19,20,21,22). The molecule has 0 spiro atoms. The van der Waals surface area contributed by atoms with E-state index < -0.39 is 11.6 Å². The second kappa shape index (κ2) is 5.33. The van der Waals surface area contributed by atoms with Crippen LogP contribution in [0.2, 0.25) is 0 Å². The average Bonchev–Trinajstić information content (AvgIpc) is 2.80. The maximum Gasteiger partial charge on any atom is 0.226 e. The molecule has 0 radical (unpaired) electrons. The second-order valence-corrected chi connectivity index (χ2v) is 6.16. The quantitative estimate of drug-likeness (QED) is 0.909. The van der Waals surface area contributed by atoms with E-state index in [2.05, 4.69) is 34.4 Å². The number of nitrogens with one attached hydrogen (secondary N) is 2. The van der Waals surface area contributed by atoms with Crippen LogP contribution in [0.1, 0.15) is 19.4 Å². The van der Waals surface area contributed by atoms with E-state index in [9.17, 15) is 8.78 Å². The first kappa shape index (κ1) is 15.5. The van der Waals surface area contributed by atoms with Crippen LogP contribution in [0.25, 0.3) is 0 Å². The number of anilines is 4. The van der Waals surface area contributed by atoms with E-state index in [0.717, 1.165) is 17.4 Å². The van der Waals surface area contributed by atoms with Gasteiger partial charge in [0.05, 0.1) is 0 Å². The Morgan fingerprint density at radius 2 is 1.83 bits per heavy atom. The predicted octanol–water partition coefficient (Wildman–Crippen LogP) is 3.27. The Bertz CT molecular complexity index is 760. The van der Waals surface area contributed by atoms with Gasteiger partial charge in [0.1, 0.15) is 11.6 Å². The van der Waals surface area contributed by atoms with Gasteiger partial charge in [-0.2, -0.15) is 9.97 Å². The fourth-order valence-electron chi connectivity index (χ4n) is 2.98. The molecule has 2 N–H and O–H groups in total. The Hall–Kier alpha value is -2.44. The molecular formula is C16H19F2N5. The molecular weight excluding hydrogens is 300 g/mol. The summed E-state index contributed by atoms with van der Waals surface area (Å²) in [6.07, 6.45) is 0. The van der Waals surface area contributed by atoms with Crippen molar-refractivity contribution >= 4 is 23.3 Å². The SMILES string of the molecule is CNc1nc(NC)c2c(n1)N(c1ccc(F)c(F)c1)CC2(C)C. The number of aromatic nitrogens is 2. The number of rotatable bonds is 3. The summed E-state index contributed by atoms with van der Waals surface area (Å²) in [5, 5.41) is 6.03. The van der Waals surface area contributed by atoms with E-state index in [4.69, 9.17) is 0 Å². The number of fused-ring (bicyclic) bond motifs is 1. The second-order valence-electron chi connectivity index (χ2n) is 6.16. The molecule has 1 aromatic heterocycles. The molecule has 1 aliphatic heterocycles. The first-order valence-electron chi connectivity index (χ1n) is 7.38. The van der Waals surface area contributed by atoms with Crippen molar-refractivity contribution in [3.63, 3.8) is 0 Å². The van der Waals surface area contributed by atoms with E-state index in [1.165, 1.54) is 6.07 Å². The van der Waals surface area contributed by atoms with Crippen molar-refractivity contribution in [2.45, 2.75) is 19.3 Å².